The van der Waals surface area contributed by atoms with Gasteiger partial charge in [0.1, 0.15) is 13.2 Å². The molecule has 0 spiro atoms. The molecule has 2 atom stereocenters. The fraction of sp³-hybridized carbons (Fsp3) is 0.723. The van der Waals surface area contributed by atoms with Crippen LogP contribution in [-0.4, -0.2) is 87.4 Å². The average molecular weight is 789 g/mol. The zero-order valence-electron chi connectivity index (χ0n) is 36.3. The van der Waals surface area contributed by atoms with Crippen LogP contribution in [0.3, 0.4) is 0 Å². The average Bonchev–Trinajstić information content (AvgIpc) is 3.15. The first-order valence-electron chi connectivity index (χ1n) is 22.0. The lowest BCUT2D eigenvalue weighted by atomic mass is 10.1. The Labute approximate surface area is 342 Å². The van der Waals surface area contributed by atoms with Gasteiger partial charge in [-0.3, -0.25) is 9.59 Å². The molecule has 0 aliphatic carbocycles. The molecule has 0 radical (unpaired) electrons. The van der Waals surface area contributed by atoms with Gasteiger partial charge in [0, 0.05) is 12.8 Å². The first kappa shape index (κ1) is 53.0. The molecule has 0 aromatic rings. The number of hydrogen-bond donors (Lipinski definition) is 1. The van der Waals surface area contributed by atoms with Crippen LogP contribution in [0.25, 0.3) is 0 Å². The minimum absolute atomic E-state index is 0.184. The van der Waals surface area contributed by atoms with Crippen molar-refractivity contribution < 1.29 is 42.9 Å². The fourth-order valence-electron chi connectivity index (χ4n) is 5.63. The van der Waals surface area contributed by atoms with Gasteiger partial charge in [0.05, 0.1) is 34.4 Å². The van der Waals surface area contributed by atoms with Crippen molar-refractivity contribution >= 4 is 17.9 Å². The van der Waals surface area contributed by atoms with E-state index in [4.69, 9.17) is 18.9 Å². The number of carboxylic acids is 1. The summed E-state index contributed by atoms with van der Waals surface area (Å²) in [5, 5.41) is 9.59. The van der Waals surface area contributed by atoms with Crippen molar-refractivity contribution in [2.24, 2.45) is 0 Å². The van der Waals surface area contributed by atoms with Crippen molar-refractivity contribution in [2.45, 2.75) is 174 Å². The highest BCUT2D eigenvalue weighted by Crippen LogP contribution is 2.13. The second-order valence-corrected chi connectivity index (χ2v) is 15.6. The first-order valence-corrected chi connectivity index (χ1v) is 22.0. The summed E-state index contributed by atoms with van der Waals surface area (Å²) in [5.41, 5.74) is 0. The van der Waals surface area contributed by atoms with E-state index >= 15 is 0 Å². The van der Waals surface area contributed by atoms with E-state index in [9.17, 15) is 19.5 Å². The van der Waals surface area contributed by atoms with Crippen molar-refractivity contribution in [3.63, 3.8) is 0 Å². The number of nitrogens with zero attached hydrogens (tertiary/aromatic N) is 1. The summed E-state index contributed by atoms with van der Waals surface area (Å²) >= 11 is 0. The van der Waals surface area contributed by atoms with E-state index in [1.54, 1.807) is 0 Å². The van der Waals surface area contributed by atoms with Crippen LogP contribution in [0.15, 0.2) is 60.8 Å². The number of carbonyl (C=O) groups excluding carboxylic acids is 2. The number of unbranched alkanes of at least 4 members (excludes halogenated alkanes) is 14. The van der Waals surface area contributed by atoms with Crippen molar-refractivity contribution in [1.29, 1.82) is 0 Å². The number of esters is 2. The van der Waals surface area contributed by atoms with Crippen LogP contribution in [-0.2, 0) is 33.3 Å². The highest BCUT2D eigenvalue weighted by molar-refractivity contribution is 5.71. The van der Waals surface area contributed by atoms with Gasteiger partial charge in [0.15, 0.2) is 6.10 Å². The Balaban J connectivity index is 4.24. The SMILES string of the molecule is CC/C=C\C/C=C\C/C=C\C/C=C\C/C=C\CCCCCCCCCCCC(=O)OC(COC(=O)CCCCCCCC)COC(OCC[N+](C)(C)C)C(=O)O. The topological polar surface area (TPSA) is 108 Å². The van der Waals surface area contributed by atoms with Gasteiger partial charge in [-0.1, -0.05) is 152 Å². The van der Waals surface area contributed by atoms with E-state index in [2.05, 4.69) is 74.6 Å². The van der Waals surface area contributed by atoms with Crippen LogP contribution in [0, 0.1) is 0 Å². The summed E-state index contributed by atoms with van der Waals surface area (Å²) in [6.45, 7) is 4.66. The molecule has 0 saturated carbocycles. The summed E-state index contributed by atoms with van der Waals surface area (Å²) in [6.07, 6.45) is 43.1. The number of ether oxygens (including phenoxy) is 4. The van der Waals surface area contributed by atoms with Gasteiger partial charge in [0.25, 0.3) is 6.29 Å². The summed E-state index contributed by atoms with van der Waals surface area (Å²) in [4.78, 5) is 36.8. The molecule has 0 aliphatic rings. The zero-order chi connectivity index (χ0) is 41.4. The van der Waals surface area contributed by atoms with Crippen LogP contribution < -0.4 is 0 Å². The molecule has 0 amide bonds. The van der Waals surface area contributed by atoms with E-state index in [1.165, 1.54) is 44.9 Å². The van der Waals surface area contributed by atoms with Crippen LogP contribution in [0.5, 0.6) is 0 Å². The monoisotopic (exact) mass is 789 g/mol. The van der Waals surface area contributed by atoms with Crippen molar-refractivity contribution in [3.8, 4) is 0 Å². The lowest BCUT2D eigenvalue weighted by Crippen LogP contribution is -2.40. The van der Waals surface area contributed by atoms with Gasteiger partial charge in [0.2, 0.25) is 0 Å². The Hall–Kier alpha value is -3.01. The Morgan fingerprint density at radius 2 is 1.02 bits per heavy atom. The maximum Gasteiger partial charge on any atom is 0.361 e. The summed E-state index contributed by atoms with van der Waals surface area (Å²) < 4.78 is 22.6. The molecule has 9 heteroatoms. The van der Waals surface area contributed by atoms with Crippen LogP contribution in [0.4, 0.5) is 0 Å². The molecule has 0 bridgehead atoms. The molecule has 0 aromatic heterocycles. The molecule has 0 aromatic carbocycles. The highest BCUT2D eigenvalue weighted by atomic mass is 16.7. The van der Waals surface area contributed by atoms with Crippen molar-refractivity contribution in [2.75, 3.05) is 47.5 Å². The maximum absolute atomic E-state index is 12.7. The summed E-state index contributed by atoms with van der Waals surface area (Å²) in [5.74, 6) is -2.03. The summed E-state index contributed by atoms with van der Waals surface area (Å²) in [6, 6.07) is 0. The predicted molar refractivity (Wildman–Crippen MR) is 230 cm³/mol. The second kappa shape index (κ2) is 38.8. The van der Waals surface area contributed by atoms with E-state index in [0.717, 1.165) is 83.5 Å². The first-order chi connectivity index (χ1) is 27.1. The standard InChI is InChI=1S/C47H81NO8/c1-6-8-10-12-14-15-16-17-18-19-20-21-22-23-24-25-26-27-28-29-30-31-32-34-36-38-45(50)56-43(41-54-44(49)37-35-33-13-11-9-7-2)42-55-47(46(51)52)53-40-39-48(3,4)5/h8,10,14-15,17-18,20-21,23-24,43,47H,6-7,9,11-13,16,19,22,25-42H2,1-5H3/p+1/b10-8-,15-14-,18-17-,21-20-,24-23-. The van der Waals surface area contributed by atoms with Gasteiger partial charge in [-0.15, -0.1) is 0 Å². The van der Waals surface area contributed by atoms with Crippen molar-refractivity contribution in [1.82, 2.24) is 0 Å². The molecule has 2 unspecified atom stereocenters. The second-order valence-electron chi connectivity index (χ2n) is 15.6. The molecular formula is C47H82NO8+. The predicted octanol–water partition coefficient (Wildman–Crippen LogP) is 11.4. The van der Waals surface area contributed by atoms with Gasteiger partial charge in [-0.25, -0.2) is 4.79 Å². The molecule has 0 rings (SSSR count). The van der Waals surface area contributed by atoms with E-state index in [1.807, 2.05) is 21.1 Å². The van der Waals surface area contributed by atoms with Gasteiger partial charge in [-0.05, 0) is 57.8 Å². The summed E-state index contributed by atoms with van der Waals surface area (Å²) in [7, 11) is 5.94. The smallest absolute Gasteiger partial charge is 0.361 e. The molecular weight excluding hydrogens is 707 g/mol. The lowest BCUT2D eigenvalue weighted by Gasteiger charge is -2.25. The molecule has 322 valence electrons. The zero-order valence-corrected chi connectivity index (χ0v) is 36.3. The van der Waals surface area contributed by atoms with Gasteiger partial charge in [-0.2, -0.15) is 0 Å². The Kier molecular flexibility index (Phi) is 36.8. The molecule has 56 heavy (non-hydrogen) atoms. The van der Waals surface area contributed by atoms with Crippen LogP contribution >= 0.6 is 0 Å². The molecule has 0 heterocycles. The van der Waals surface area contributed by atoms with E-state index in [-0.39, 0.29) is 32.2 Å². The van der Waals surface area contributed by atoms with Crippen LogP contribution in [0.2, 0.25) is 0 Å². The molecule has 0 saturated heterocycles. The third-order valence-electron chi connectivity index (χ3n) is 9.04. The van der Waals surface area contributed by atoms with E-state index in [0.29, 0.717) is 23.9 Å². The quantitative estimate of drug-likeness (QED) is 0.0216. The largest absolute Gasteiger partial charge is 0.477 e. The maximum atomic E-state index is 12.7. The number of aliphatic carboxylic acids is 1. The van der Waals surface area contributed by atoms with E-state index < -0.39 is 24.3 Å². The van der Waals surface area contributed by atoms with Gasteiger partial charge < -0.3 is 28.5 Å². The van der Waals surface area contributed by atoms with Crippen LogP contribution in [0.1, 0.15) is 162 Å². The third-order valence-corrected chi connectivity index (χ3v) is 9.04. The highest BCUT2D eigenvalue weighted by Gasteiger charge is 2.25. The molecule has 0 aliphatic heterocycles. The number of hydrogen-bond acceptors (Lipinski definition) is 7. The number of rotatable bonds is 39. The molecule has 0 fully saturated rings. The number of quaternary nitrogens is 1. The number of carboxylic acid groups (broad SMARTS) is 1. The number of likely N-dealkylation sites (N-methyl/N-ethyl adjacent to an activating group) is 1. The van der Waals surface area contributed by atoms with Gasteiger partial charge >= 0.3 is 17.9 Å². The minimum Gasteiger partial charge on any atom is -0.477 e. The lowest BCUT2D eigenvalue weighted by molar-refractivity contribution is -0.870. The third kappa shape index (κ3) is 39.2. The molecule has 9 nitrogen and oxygen atoms in total. The Bertz CT molecular complexity index is 1100. The fourth-order valence-corrected chi connectivity index (χ4v) is 5.63. The van der Waals surface area contributed by atoms with Crippen molar-refractivity contribution in [3.05, 3.63) is 60.8 Å². The number of carbonyl (C=O) groups is 3. The minimum atomic E-state index is -1.51. The molecule has 1 N–H and O–H groups in total. The Morgan fingerprint density at radius 3 is 1.52 bits per heavy atom. The number of allylic oxidation sites excluding steroid dienone is 10. The Morgan fingerprint density at radius 1 is 0.554 bits per heavy atom. The normalized spacial score (nSPS) is 13.5.